The minimum absolute atomic E-state index is 0.0980. The van der Waals surface area contributed by atoms with Gasteiger partial charge in [-0.3, -0.25) is 9.48 Å². The summed E-state index contributed by atoms with van der Waals surface area (Å²) in [5.41, 5.74) is -0.186. The van der Waals surface area contributed by atoms with Gasteiger partial charge in [-0.25, -0.2) is 8.78 Å². The number of aryl methyl sites for hydroxylation is 1. The van der Waals surface area contributed by atoms with Crippen LogP contribution < -0.4 is 10.5 Å². The molecule has 1 aliphatic heterocycles. The number of hydrogen-bond donors (Lipinski definition) is 0. The summed E-state index contributed by atoms with van der Waals surface area (Å²) in [5.74, 6) is -1.65. The number of aromatic nitrogens is 4. The van der Waals surface area contributed by atoms with Crippen LogP contribution in [-0.4, -0.2) is 39.3 Å². The Kier molecular flexibility index (Phi) is 4.87. The van der Waals surface area contributed by atoms with Gasteiger partial charge in [-0.05, 0) is 19.1 Å². The molecule has 0 amide bonds. The number of anilines is 1. The molecular formula is C19H18ClF2N5O2. The Balaban J connectivity index is 1.69. The van der Waals surface area contributed by atoms with Crippen LogP contribution in [0.5, 0.6) is 0 Å². The molecule has 0 radical (unpaired) electrons. The zero-order chi connectivity index (χ0) is 20.8. The summed E-state index contributed by atoms with van der Waals surface area (Å²) in [5, 5.41) is 8.15. The van der Waals surface area contributed by atoms with Gasteiger partial charge in [0.15, 0.2) is 5.82 Å². The van der Waals surface area contributed by atoms with Gasteiger partial charge < -0.3 is 9.64 Å². The molecule has 0 saturated carbocycles. The van der Waals surface area contributed by atoms with E-state index in [4.69, 9.17) is 16.3 Å². The number of benzene rings is 1. The van der Waals surface area contributed by atoms with E-state index in [-0.39, 0.29) is 10.7 Å². The summed E-state index contributed by atoms with van der Waals surface area (Å²) in [7, 11) is 1.82. The maximum atomic E-state index is 14.1. The zero-order valence-electron chi connectivity index (χ0n) is 15.8. The normalized spacial score (nSPS) is 19.6. The predicted molar refractivity (Wildman–Crippen MR) is 103 cm³/mol. The Bertz CT molecular complexity index is 1130. The first-order valence-corrected chi connectivity index (χ1v) is 9.27. The Hall–Kier alpha value is -2.78. The van der Waals surface area contributed by atoms with E-state index in [1.165, 1.54) is 6.20 Å². The lowest BCUT2D eigenvalue weighted by Gasteiger charge is -2.41. The van der Waals surface area contributed by atoms with Crippen LogP contribution in [-0.2, 0) is 17.4 Å². The smallest absolute Gasteiger partial charge is 0.292 e. The highest BCUT2D eigenvalue weighted by Gasteiger charge is 2.36. The van der Waals surface area contributed by atoms with E-state index < -0.39 is 22.8 Å². The molecule has 0 N–H and O–H groups in total. The first kappa shape index (κ1) is 19.5. The lowest BCUT2D eigenvalue weighted by atomic mass is 9.97. The van der Waals surface area contributed by atoms with Gasteiger partial charge >= 0.3 is 0 Å². The highest BCUT2D eigenvalue weighted by Crippen LogP contribution is 2.33. The molecule has 0 spiro atoms. The van der Waals surface area contributed by atoms with Gasteiger partial charge in [0.1, 0.15) is 22.1 Å². The maximum absolute atomic E-state index is 14.1. The Morgan fingerprint density at radius 2 is 2.00 bits per heavy atom. The summed E-state index contributed by atoms with van der Waals surface area (Å²) in [6.45, 7) is 3.28. The van der Waals surface area contributed by atoms with Crippen LogP contribution in [0, 0.1) is 11.6 Å². The molecule has 1 fully saturated rings. The summed E-state index contributed by atoms with van der Waals surface area (Å²) in [4.78, 5) is 14.6. The minimum Gasteiger partial charge on any atom is -0.367 e. The highest BCUT2D eigenvalue weighted by molar-refractivity contribution is 6.33. The average Bonchev–Trinajstić information content (AvgIpc) is 3.12. The summed E-state index contributed by atoms with van der Waals surface area (Å²) >= 11 is 6.34. The summed E-state index contributed by atoms with van der Waals surface area (Å²) in [6, 6.07) is 2.88. The second-order valence-corrected chi connectivity index (χ2v) is 7.44. The van der Waals surface area contributed by atoms with Crippen molar-refractivity contribution in [1.82, 2.24) is 19.6 Å². The summed E-state index contributed by atoms with van der Waals surface area (Å²) < 4.78 is 35.7. The van der Waals surface area contributed by atoms with Gasteiger partial charge in [0.05, 0.1) is 31.2 Å². The van der Waals surface area contributed by atoms with Crippen LogP contribution in [0.3, 0.4) is 0 Å². The Morgan fingerprint density at radius 1 is 1.21 bits per heavy atom. The fourth-order valence-electron chi connectivity index (χ4n) is 3.41. The largest absolute Gasteiger partial charge is 0.367 e. The molecule has 4 rings (SSSR count). The fourth-order valence-corrected chi connectivity index (χ4v) is 3.66. The molecule has 1 saturated heterocycles. The van der Waals surface area contributed by atoms with E-state index in [0.717, 1.165) is 22.4 Å². The standard InChI is InChI=1S/C19H18ClF2N5O2/c1-19(12-8-23-25(2)10-12)11-26(5-6-29-19)16-9-24-27(18(28)17(16)20)15-4-3-13(21)7-14(15)22/h3-4,7-10H,5-6,11H2,1-2H3. The zero-order valence-corrected chi connectivity index (χ0v) is 16.5. The molecule has 0 aliphatic carbocycles. The van der Waals surface area contributed by atoms with Crippen LogP contribution in [0.4, 0.5) is 14.5 Å². The SMILES string of the molecule is Cn1cc(C2(C)CN(c3cnn(-c4ccc(F)cc4F)c(=O)c3Cl)CCO2)cn1. The Labute approximate surface area is 170 Å². The molecular weight excluding hydrogens is 404 g/mol. The average molecular weight is 422 g/mol. The van der Waals surface area contributed by atoms with E-state index in [0.29, 0.717) is 31.5 Å². The molecule has 1 atom stereocenters. The second kappa shape index (κ2) is 7.23. The second-order valence-electron chi connectivity index (χ2n) is 7.06. The molecule has 1 aliphatic rings. The van der Waals surface area contributed by atoms with Gasteiger partial charge in [-0.2, -0.15) is 14.9 Å². The van der Waals surface area contributed by atoms with Crippen molar-refractivity contribution >= 4 is 17.3 Å². The number of ether oxygens (including phenoxy) is 1. The van der Waals surface area contributed by atoms with E-state index in [9.17, 15) is 13.6 Å². The van der Waals surface area contributed by atoms with Gasteiger partial charge in [-0.15, -0.1) is 0 Å². The van der Waals surface area contributed by atoms with Crippen molar-refractivity contribution in [1.29, 1.82) is 0 Å². The van der Waals surface area contributed by atoms with Crippen LogP contribution in [0.15, 0.2) is 41.6 Å². The Morgan fingerprint density at radius 3 is 2.69 bits per heavy atom. The van der Waals surface area contributed by atoms with Crippen molar-refractivity contribution in [3.05, 3.63) is 69.4 Å². The minimum atomic E-state index is -0.904. The maximum Gasteiger partial charge on any atom is 0.292 e. The molecule has 152 valence electrons. The number of morpholine rings is 1. The number of halogens is 3. The van der Waals surface area contributed by atoms with Crippen molar-refractivity contribution in [3.8, 4) is 5.69 Å². The monoisotopic (exact) mass is 421 g/mol. The molecule has 0 bridgehead atoms. The van der Waals surface area contributed by atoms with Crippen LogP contribution in [0.2, 0.25) is 5.02 Å². The first-order valence-electron chi connectivity index (χ1n) is 8.90. The molecule has 3 aromatic rings. The van der Waals surface area contributed by atoms with Crippen LogP contribution in [0.1, 0.15) is 12.5 Å². The van der Waals surface area contributed by atoms with Crippen molar-refractivity contribution in [3.63, 3.8) is 0 Å². The van der Waals surface area contributed by atoms with Crippen molar-refractivity contribution < 1.29 is 13.5 Å². The molecule has 10 heteroatoms. The predicted octanol–water partition coefficient (Wildman–Crippen LogP) is 2.65. The number of nitrogens with zero attached hydrogens (tertiary/aromatic N) is 5. The van der Waals surface area contributed by atoms with E-state index in [1.807, 2.05) is 25.1 Å². The molecule has 1 unspecified atom stereocenters. The third-order valence-electron chi connectivity index (χ3n) is 4.97. The van der Waals surface area contributed by atoms with Crippen molar-refractivity contribution in [2.24, 2.45) is 7.05 Å². The molecule has 1 aromatic carbocycles. The quantitative estimate of drug-likeness (QED) is 0.650. The van der Waals surface area contributed by atoms with E-state index in [2.05, 4.69) is 10.2 Å². The van der Waals surface area contributed by atoms with Crippen LogP contribution in [0.25, 0.3) is 5.69 Å². The fraction of sp³-hybridized carbons (Fsp3) is 0.316. The lowest BCUT2D eigenvalue weighted by Crippen LogP contribution is -2.48. The molecule has 7 nitrogen and oxygen atoms in total. The van der Waals surface area contributed by atoms with Crippen LogP contribution >= 0.6 is 11.6 Å². The first-order chi connectivity index (χ1) is 13.8. The van der Waals surface area contributed by atoms with Crippen molar-refractivity contribution in [2.75, 3.05) is 24.6 Å². The topological polar surface area (TPSA) is 65.2 Å². The number of rotatable bonds is 3. The molecule has 29 heavy (non-hydrogen) atoms. The van der Waals surface area contributed by atoms with E-state index in [1.54, 1.807) is 10.9 Å². The van der Waals surface area contributed by atoms with Gasteiger partial charge in [-0.1, -0.05) is 11.6 Å². The van der Waals surface area contributed by atoms with Gasteiger partial charge in [0.2, 0.25) is 0 Å². The third-order valence-corrected chi connectivity index (χ3v) is 5.32. The van der Waals surface area contributed by atoms with Gasteiger partial charge in [0, 0.05) is 31.4 Å². The highest BCUT2D eigenvalue weighted by atomic mass is 35.5. The third kappa shape index (κ3) is 3.51. The molecule has 2 aromatic heterocycles. The van der Waals surface area contributed by atoms with Gasteiger partial charge in [0.25, 0.3) is 5.56 Å². The molecule has 3 heterocycles. The van der Waals surface area contributed by atoms with E-state index >= 15 is 0 Å². The lowest BCUT2D eigenvalue weighted by molar-refractivity contribution is -0.0466. The summed E-state index contributed by atoms with van der Waals surface area (Å²) in [6.07, 6.45) is 5.01. The van der Waals surface area contributed by atoms with Crippen molar-refractivity contribution in [2.45, 2.75) is 12.5 Å². The number of hydrogen-bond acceptors (Lipinski definition) is 5.